The van der Waals surface area contributed by atoms with Crippen LogP contribution in [0.25, 0.3) is 0 Å². The van der Waals surface area contributed by atoms with Crippen molar-refractivity contribution in [1.82, 2.24) is 20.1 Å². The second kappa shape index (κ2) is 9.16. The van der Waals surface area contributed by atoms with E-state index in [4.69, 9.17) is 20.8 Å². The number of aromatic nitrogens is 3. The number of benzene rings is 1. The van der Waals surface area contributed by atoms with Gasteiger partial charge < -0.3 is 19.0 Å². The molecule has 0 bridgehead atoms. The summed E-state index contributed by atoms with van der Waals surface area (Å²) in [4.78, 5) is 12.0. The zero-order valence-corrected chi connectivity index (χ0v) is 17.4. The van der Waals surface area contributed by atoms with E-state index in [-0.39, 0.29) is 17.8 Å². The van der Waals surface area contributed by atoms with Gasteiger partial charge in [-0.05, 0) is 49.7 Å². The summed E-state index contributed by atoms with van der Waals surface area (Å²) in [6, 6.07) is 9.10. The lowest BCUT2D eigenvalue weighted by molar-refractivity contribution is -0.118. The van der Waals surface area contributed by atoms with E-state index in [9.17, 15) is 4.79 Å². The monoisotopic (exact) mass is 420 g/mol. The molecule has 0 spiro atoms. The van der Waals surface area contributed by atoms with E-state index in [1.54, 1.807) is 18.4 Å². The van der Waals surface area contributed by atoms with Crippen molar-refractivity contribution in [3.8, 4) is 5.75 Å². The van der Waals surface area contributed by atoms with E-state index in [0.29, 0.717) is 34.1 Å². The van der Waals surface area contributed by atoms with Crippen molar-refractivity contribution in [2.24, 2.45) is 7.05 Å². The molecule has 28 heavy (non-hydrogen) atoms. The molecule has 1 unspecified atom stereocenters. The highest BCUT2D eigenvalue weighted by atomic mass is 35.5. The van der Waals surface area contributed by atoms with Gasteiger partial charge in [0.05, 0.1) is 18.6 Å². The standard InChI is InChI=1S/C19H21ClN4O3S/c1-12-9-14(6-7-16(12)20)27-13(2)18-22-23-19(24(18)3)28-11-17(25)21-10-15-5-4-8-26-15/h4-9,13H,10-11H2,1-3H3,(H,21,25). The molecule has 148 valence electrons. The molecule has 9 heteroatoms. The van der Waals surface area contributed by atoms with Crippen molar-refractivity contribution in [3.63, 3.8) is 0 Å². The van der Waals surface area contributed by atoms with Crippen LogP contribution in [0.3, 0.4) is 0 Å². The summed E-state index contributed by atoms with van der Waals surface area (Å²) < 4.78 is 13.0. The van der Waals surface area contributed by atoms with Gasteiger partial charge in [-0.15, -0.1) is 10.2 Å². The molecule has 3 rings (SSSR count). The number of amides is 1. The third-order valence-corrected chi connectivity index (χ3v) is 5.49. The number of halogens is 1. The fourth-order valence-electron chi connectivity index (χ4n) is 2.53. The molecule has 0 aliphatic carbocycles. The molecule has 1 amide bonds. The zero-order valence-electron chi connectivity index (χ0n) is 15.8. The molecule has 7 nitrogen and oxygen atoms in total. The second-order valence-corrected chi connectivity index (χ2v) is 7.57. The largest absolute Gasteiger partial charge is 0.483 e. The van der Waals surface area contributed by atoms with Crippen LogP contribution in [-0.2, 0) is 18.4 Å². The maximum atomic E-state index is 12.0. The SMILES string of the molecule is Cc1cc(OC(C)c2nnc(SCC(=O)NCc3ccco3)n2C)ccc1Cl. The minimum absolute atomic E-state index is 0.105. The number of carbonyl (C=O) groups is 1. The highest BCUT2D eigenvalue weighted by Gasteiger charge is 2.18. The Morgan fingerprint density at radius 2 is 2.21 bits per heavy atom. The predicted molar refractivity (Wildman–Crippen MR) is 108 cm³/mol. The van der Waals surface area contributed by atoms with Crippen LogP contribution < -0.4 is 10.1 Å². The first kappa shape index (κ1) is 20.3. The predicted octanol–water partition coefficient (Wildman–Crippen LogP) is 3.92. The van der Waals surface area contributed by atoms with Gasteiger partial charge >= 0.3 is 0 Å². The molecular weight excluding hydrogens is 400 g/mol. The fourth-order valence-corrected chi connectivity index (χ4v) is 3.40. The van der Waals surface area contributed by atoms with Gasteiger partial charge in [-0.2, -0.15) is 0 Å². The summed E-state index contributed by atoms with van der Waals surface area (Å²) in [5.41, 5.74) is 0.945. The average Bonchev–Trinajstić information content (AvgIpc) is 3.31. The highest BCUT2D eigenvalue weighted by Crippen LogP contribution is 2.26. The first-order valence-corrected chi connectivity index (χ1v) is 10.0. The summed E-state index contributed by atoms with van der Waals surface area (Å²) in [6.45, 7) is 4.19. The van der Waals surface area contributed by atoms with Crippen molar-refractivity contribution < 1.29 is 13.9 Å². The Kier molecular flexibility index (Phi) is 6.64. The summed E-state index contributed by atoms with van der Waals surface area (Å²) >= 11 is 7.37. The number of thioether (sulfide) groups is 1. The van der Waals surface area contributed by atoms with Crippen LogP contribution >= 0.6 is 23.4 Å². The number of nitrogens with one attached hydrogen (secondary N) is 1. The van der Waals surface area contributed by atoms with Crippen molar-refractivity contribution in [1.29, 1.82) is 0 Å². The quantitative estimate of drug-likeness (QED) is 0.556. The number of hydrogen-bond donors (Lipinski definition) is 1. The highest BCUT2D eigenvalue weighted by molar-refractivity contribution is 7.99. The summed E-state index contributed by atoms with van der Waals surface area (Å²) in [5, 5.41) is 12.5. The Hall–Kier alpha value is -2.45. The van der Waals surface area contributed by atoms with Gasteiger partial charge in [0.1, 0.15) is 11.5 Å². The third-order valence-electron chi connectivity index (χ3n) is 4.05. The second-order valence-electron chi connectivity index (χ2n) is 6.22. The van der Waals surface area contributed by atoms with E-state index in [1.807, 2.05) is 43.7 Å². The summed E-state index contributed by atoms with van der Waals surface area (Å²) in [5.74, 6) is 2.22. The van der Waals surface area contributed by atoms with Crippen LogP contribution in [0.1, 0.15) is 30.2 Å². The van der Waals surface area contributed by atoms with Crippen LogP contribution in [-0.4, -0.2) is 26.4 Å². The van der Waals surface area contributed by atoms with Crippen molar-refractivity contribution >= 4 is 29.3 Å². The molecule has 0 aliphatic rings. The van der Waals surface area contributed by atoms with E-state index in [1.165, 1.54) is 11.8 Å². The average molecular weight is 421 g/mol. The molecule has 1 atom stereocenters. The van der Waals surface area contributed by atoms with Crippen molar-refractivity contribution in [2.45, 2.75) is 31.7 Å². The lowest BCUT2D eigenvalue weighted by Gasteiger charge is -2.15. The normalized spacial score (nSPS) is 12.0. The summed E-state index contributed by atoms with van der Waals surface area (Å²) in [6.07, 6.45) is 1.27. The van der Waals surface area contributed by atoms with Crippen LogP contribution in [0.2, 0.25) is 5.02 Å². The number of furan rings is 1. The van der Waals surface area contributed by atoms with Crippen LogP contribution in [0.5, 0.6) is 5.75 Å². The van der Waals surface area contributed by atoms with Gasteiger partial charge in [-0.3, -0.25) is 4.79 Å². The van der Waals surface area contributed by atoms with Crippen molar-refractivity contribution in [3.05, 3.63) is 58.8 Å². The third kappa shape index (κ3) is 5.08. The summed E-state index contributed by atoms with van der Waals surface area (Å²) in [7, 11) is 1.85. The molecular formula is C19H21ClN4O3S. The lowest BCUT2D eigenvalue weighted by Crippen LogP contribution is -2.24. The molecule has 1 aromatic carbocycles. The molecule has 0 radical (unpaired) electrons. The zero-order chi connectivity index (χ0) is 20.1. The van der Waals surface area contributed by atoms with E-state index < -0.39 is 0 Å². The molecule has 0 saturated heterocycles. The van der Waals surface area contributed by atoms with Crippen molar-refractivity contribution in [2.75, 3.05) is 5.75 Å². The Labute approximate surface area is 172 Å². The first-order chi connectivity index (χ1) is 13.4. The molecule has 0 fully saturated rings. The van der Waals surface area contributed by atoms with Gasteiger partial charge in [0.15, 0.2) is 17.1 Å². The van der Waals surface area contributed by atoms with E-state index in [2.05, 4.69) is 15.5 Å². The molecule has 2 heterocycles. The fraction of sp³-hybridized carbons (Fsp3) is 0.316. The van der Waals surface area contributed by atoms with Gasteiger partial charge in [0.2, 0.25) is 5.91 Å². The van der Waals surface area contributed by atoms with E-state index >= 15 is 0 Å². The van der Waals surface area contributed by atoms with Gasteiger partial charge in [-0.25, -0.2) is 0 Å². The maximum absolute atomic E-state index is 12.0. The topological polar surface area (TPSA) is 82.2 Å². The Morgan fingerprint density at radius 3 is 2.93 bits per heavy atom. The smallest absolute Gasteiger partial charge is 0.230 e. The van der Waals surface area contributed by atoms with Gasteiger partial charge in [0, 0.05) is 12.1 Å². The molecule has 3 aromatic rings. The Morgan fingerprint density at radius 1 is 1.39 bits per heavy atom. The number of ether oxygens (including phenoxy) is 1. The first-order valence-electron chi connectivity index (χ1n) is 8.68. The Bertz CT molecular complexity index is 943. The van der Waals surface area contributed by atoms with Crippen LogP contribution in [0.4, 0.5) is 0 Å². The van der Waals surface area contributed by atoms with Crippen LogP contribution in [0, 0.1) is 6.92 Å². The minimum Gasteiger partial charge on any atom is -0.483 e. The minimum atomic E-state index is -0.305. The number of nitrogens with zero attached hydrogens (tertiary/aromatic N) is 3. The van der Waals surface area contributed by atoms with Gasteiger partial charge in [0.25, 0.3) is 0 Å². The lowest BCUT2D eigenvalue weighted by atomic mass is 10.2. The number of carbonyl (C=O) groups excluding carboxylic acids is 1. The van der Waals surface area contributed by atoms with Crippen LogP contribution in [0.15, 0.2) is 46.2 Å². The number of hydrogen-bond acceptors (Lipinski definition) is 6. The molecule has 0 saturated carbocycles. The number of rotatable bonds is 8. The molecule has 0 aliphatic heterocycles. The van der Waals surface area contributed by atoms with Gasteiger partial charge in [-0.1, -0.05) is 23.4 Å². The maximum Gasteiger partial charge on any atom is 0.230 e. The molecule has 2 aromatic heterocycles. The Balaban J connectivity index is 1.55. The molecule has 1 N–H and O–H groups in total. The number of aryl methyl sites for hydroxylation is 1. The van der Waals surface area contributed by atoms with E-state index in [0.717, 1.165) is 5.56 Å².